The smallest absolute Gasteiger partial charge is 0.151 e. The molecule has 1 aliphatic heterocycles. The summed E-state index contributed by atoms with van der Waals surface area (Å²) in [4.78, 5) is 4.28. The maximum Gasteiger partial charge on any atom is 0.151 e. The second-order valence-corrected chi connectivity index (χ2v) is 8.78. The lowest BCUT2D eigenvalue weighted by molar-refractivity contribution is 0.521. The number of rotatable bonds is 6. The number of benzene rings is 1. The third-order valence-electron chi connectivity index (χ3n) is 4.71. The number of hydrogen-bond donors (Lipinski definition) is 2. The number of nitrogens with zero attached hydrogens (tertiary/aromatic N) is 3. The molecule has 2 aromatic heterocycles. The summed E-state index contributed by atoms with van der Waals surface area (Å²) >= 11 is 0. The van der Waals surface area contributed by atoms with Crippen LogP contribution in [0.4, 0.5) is 0 Å². The first kappa shape index (κ1) is 19.6. The van der Waals surface area contributed by atoms with Crippen molar-refractivity contribution in [3.63, 3.8) is 0 Å². The SMILES string of the molecule is Cl.O=S1(=O)CCC(NCCn2cncc2-c2cn[nH]c2-c2ccccc2)C1. The molecule has 0 amide bonds. The normalized spacial score (nSPS) is 18.3. The molecule has 0 radical (unpaired) electrons. The van der Waals surface area contributed by atoms with E-state index in [-0.39, 0.29) is 30.0 Å². The first-order valence-electron chi connectivity index (χ1n) is 8.65. The lowest BCUT2D eigenvalue weighted by Gasteiger charge is -2.13. The molecule has 9 heteroatoms. The van der Waals surface area contributed by atoms with E-state index in [1.54, 1.807) is 6.33 Å². The molecule has 1 unspecified atom stereocenters. The number of aromatic amines is 1. The number of halogens is 1. The van der Waals surface area contributed by atoms with E-state index >= 15 is 0 Å². The van der Waals surface area contributed by atoms with Gasteiger partial charge in [0.1, 0.15) is 0 Å². The average Bonchev–Trinajstić information content (AvgIpc) is 3.35. The predicted octanol–water partition coefficient (Wildman–Crippen LogP) is 2.14. The standard InChI is InChI=1S/C18H21N5O2S.ClH/c24-26(25)9-6-15(12-26)20-7-8-23-13-19-11-17(23)16-10-21-22-18(16)14-4-2-1-3-5-14;/h1-5,10-11,13,15,20H,6-9,12H2,(H,21,22);1H. The van der Waals surface area contributed by atoms with E-state index in [2.05, 4.69) is 25.1 Å². The van der Waals surface area contributed by atoms with Crippen molar-refractivity contribution in [1.82, 2.24) is 25.1 Å². The molecular weight excluding hydrogens is 386 g/mol. The van der Waals surface area contributed by atoms with Gasteiger partial charge in [-0.25, -0.2) is 13.4 Å². The maximum atomic E-state index is 11.5. The highest BCUT2D eigenvalue weighted by Gasteiger charge is 2.27. The monoisotopic (exact) mass is 407 g/mol. The largest absolute Gasteiger partial charge is 0.329 e. The minimum absolute atomic E-state index is 0. The highest BCUT2D eigenvalue weighted by Crippen LogP contribution is 2.29. The van der Waals surface area contributed by atoms with Crippen molar-refractivity contribution in [2.75, 3.05) is 18.1 Å². The number of H-pyrrole nitrogens is 1. The quantitative estimate of drug-likeness (QED) is 0.653. The van der Waals surface area contributed by atoms with Crippen molar-refractivity contribution in [1.29, 1.82) is 0 Å². The summed E-state index contributed by atoms with van der Waals surface area (Å²) in [5, 5.41) is 10.6. The molecule has 1 fully saturated rings. The summed E-state index contributed by atoms with van der Waals surface area (Å²) in [5.74, 6) is 0.528. The number of nitrogens with one attached hydrogen (secondary N) is 2. The third-order valence-corrected chi connectivity index (χ3v) is 6.48. The fourth-order valence-electron chi connectivity index (χ4n) is 3.37. The molecule has 1 saturated heterocycles. The molecule has 1 aromatic carbocycles. The van der Waals surface area contributed by atoms with Crippen LogP contribution in [0.1, 0.15) is 6.42 Å². The molecule has 144 valence electrons. The Balaban J connectivity index is 0.00000210. The van der Waals surface area contributed by atoms with E-state index in [1.165, 1.54) is 0 Å². The van der Waals surface area contributed by atoms with Gasteiger partial charge in [0.25, 0.3) is 0 Å². The van der Waals surface area contributed by atoms with Crippen LogP contribution in [0.2, 0.25) is 0 Å². The van der Waals surface area contributed by atoms with Crippen LogP contribution in [0.15, 0.2) is 49.1 Å². The fraction of sp³-hybridized carbons (Fsp3) is 0.333. The molecule has 3 heterocycles. The molecule has 0 saturated carbocycles. The van der Waals surface area contributed by atoms with E-state index in [1.807, 2.05) is 42.7 Å². The summed E-state index contributed by atoms with van der Waals surface area (Å²) in [5.41, 5.74) is 4.01. The van der Waals surface area contributed by atoms with Crippen LogP contribution in [0.5, 0.6) is 0 Å². The van der Waals surface area contributed by atoms with Gasteiger partial charge in [0.2, 0.25) is 0 Å². The van der Waals surface area contributed by atoms with Gasteiger partial charge >= 0.3 is 0 Å². The predicted molar refractivity (Wildman–Crippen MR) is 108 cm³/mol. The highest BCUT2D eigenvalue weighted by atomic mass is 35.5. The third kappa shape index (κ3) is 4.40. The van der Waals surface area contributed by atoms with Crippen molar-refractivity contribution in [2.45, 2.75) is 19.0 Å². The Morgan fingerprint density at radius 3 is 2.78 bits per heavy atom. The molecule has 2 N–H and O–H groups in total. The van der Waals surface area contributed by atoms with Gasteiger partial charge in [0, 0.05) is 30.3 Å². The molecule has 7 nitrogen and oxygen atoms in total. The number of sulfone groups is 1. The molecule has 1 aliphatic rings. The zero-order chi connectivity index (χ0) is 18.0. The summed E-state index contributed by atoms with van der Waals surface area (Å²) < 4.78 is 25.2. The molecule has 27 heavy (non-hydrogen) atoms. The first-order valence-corrected chi connectivity index (χ1v) is 10.5. The Bertz CT molecular complexity index is 984. The molecule has 1 atom stereocenters. The maximum absolute atomic E-state index is 11.5. The zero-order valence-electron chi connectivity index (χ0n) is 14.7. The summed E-state index contributed by atoms with van der Waals surface area (Å²) in [6.45, 7) is 1.41. The Morgan fingerprint density at radius 1 is 1.22 bits per heavy atom. The van der Waals surface area contributed by atoms with Crippen LogP contribution < -0.4 is 5.32 Å². The number of imidazole rings is 1. The fourth-order valence-corrected chi connectivity index (χ4v) is 5.08. The second-order valence-electron chi connectivity index (χ2n) is 6.55. The Kier molecular flexibility index (Phi) is 5.98. The van der Waals surface area contributed by atoms with Crippen LogP contribution in [0.25, 0.3) is 22.5 Å². The summed E-state index contributed by atoms with van der Waals surface area (Å²) in [6, 6.07) is 10.1. The molecule has 4 rings (SSSR count). The Morgan fingerprint density at radius 2 is 2.04 bits per heavy atom. The first-order chi connectivity index (χ1) is 12.6. The van der Waals surface area contributed by atoms with E-state index < -0.39 is 9.84 Å². The summed E-state index contributed by atoms with van der Waals surface area (Å²) in [6.07, 6.45) is 6.13. The van der Waals surface area contributed by atoms with Crippen molar-refractivity contribution in [2.24, 2.45) is 0 Å². The molecular formula is C18H22ClN5O2S. The van der Waals surface area contributed by atoms with Crippen LogP contribution in [-0.4, -0.2) is 52.3 Å². The second kappa shape index (κ2) is 8.24. The van der Waals surface area contributed by atoms with Gasteiger partial charge in [-0.1, -0.05) is 30.3 Å². The van der Waals surface area contributed by atoms with Crippen molar-refractivity contribution >= 4 is 22.2 Å². The minimum atomic E-state index is -2.85. The average molecular weight is 408 g/mol. The highest BCUT2D eigenvalue weighted by molar-refractivity contribution is 7.91. The molecule has 3 aromatic rings. The Hall–Kier alpha value is -2.16. The van der Waals surface area contributed by atoms with E-state index in [0.717, 1.165) is 22.5 Å². The van der Waals surface area contributed by atoms with Crippen LogP contribution in [0.3, 0.4) is 0 Å². The van der Waals surface area contributed by atoms with Gasteiger partial charge in [-0.05, 0) is 6.42 Å². The van der Waals surface area contributed by atoms with Crippen molar-refractivity contribution < 1.29 is 8.42 Å². The molecule has 0 aliphatic carbocycles. The van der Waals surface area contributed by atoms with E-state index in [9.17, 15) is 8.42 Å². The van der Waals surface area contributed by atoms with Crippen LogP contribution in [0, 0.1) is 0 Å². The van der Waals surface area contributed by atoms with Gasteiger partial charge in [0.15, 0.2) is 9.84 Å². The van der Waals surface area contributed by atoms with Crippen LogP contribution in [-0.2, 0) is 16.4 Å². The topological polar surface area (TPSA) is 92.7 Å². The number of hydrogen-bond acceptors (Lipinski definition) is 5. The lowest BCUT2D eigenvalue weighted by Crippen LogP contribution is -2.32. The minimum Gasteiger partial charge on any atom is -0.329 e. The van der Waals surface area contributed by atoms with Crippen molar-refractivity contribution in [3.05, 3.63) is 49.1 Å². The van der Waals surface area contributed by atoms with Crippen LogP contribution >= 0.6 is 12.4 Å². The lowest BCUT2D eigenvalue weighted by atomic mass is 10.1. The molecule has 0 spiro atoms. The summed E-state index contributed by atoms with van der Waals surface area (Å²) in [7, 11) is -2.85. The van der Waals surface area contributed by atoms with Crippen molar-refractivity contribution in [3.8, 4) is 22.5 Å². The van der Waals surface area contributed by atoms with E-state index in [4.69, 9.17) is 0 Å². The van der Waals surface area contributed by atoms with Gasteiger partial charge in [0.05, 0.1) is 41.6 Å². The Labute approximate surface area is 164 Å². The van der Waals surface area contributed by atoms with E-state index in [0.29, 0.717) is 19.5 Å². The van der Waals surface area contributed by atoms with Gasteiger partial charge in [-0.15, -0.1) is 12.4 Å². The zero-order valence-corrected chi connectivity index (χ0v) is 16.3. The van der Waals surface area contributed by atoms with Gasteiger partial charge in [-0.3, -0.25) is 5.10 Å². The number of aromatic nitrogens is 4. The van der Waals surface area contributed by atoms with Gasteiger partial charge in [-0.2, -0.15) is 5.10 Å². The van der Waals surface area contributed by atoms with Gasteiger partial charge < -0.3 is 9.88 Å². The molecule has 0 bridgehead atoms.